The van der Waals surface area contributed by atoms with Crippen molar-refractivity contribution in [3.63, 3.8) is 0 Å². The molecular formula is C7H12N2O4. The van der Waals surface area contributed by atoms with E-state index in [9.17, 15) is 14.4 Å². The van der Waals surface area contributed by atoms with Gasteiger partial charge in [-0.25, -0.2) is 9.59 Å². The fraction of sp³-hybridized carbons (Fsp3) is 0.571. The molecule has 0 aromatic heterocycles. The van der Waals surface area contributed by atoms with Crippen molar-refractivity contribution in [2.75, 3.05) is 0 Å². The van der Waals surface area contributed by atoms with Gasteiger partial charge in [-0.3, -0.25) is 0 Å². The van der Waals surface area contributed by atoms with Crippen molar-refractivity contribution in [1.29, 1.82) is 0 Å². The predicted molar refractivity (Wildman–Crippen MR) is 44.1 cm³/mol. The molecule has 0 aliphatic carbocycles. The average Bonchev–Trinajstić information content (AvgIpc) is 1.96. The van der Waals surface area contributed by atoms with E-state index in [2.05, 4.69) is 0 Å². The number of Topliss-reactive ketones (excluding diaryl/α,β-unsaturated/α-hetero) is 1. The molecule has 0 fully saturated rings. The Hall–Kier alpha value is -1.59. The lowest BCUT2D eigenvalue weighted by molar-refractivity contribution is -0.139. The Morgan fingerprint density at radius 2 is 2.00 bits per heavy atom. The SMILES string of the molecule is CC(=O)CC[C@H](NC(N)=O)C(=O)O. The molecule has 0 aromatic carbocycles. The van der Waals surface area contributed by atoms with Gasteiger partial charge >= 0.3 is 12.0 Å². The number of hydrogen-bond donors (Lipinski definition) is 3. The van der Waals surface area contributed by atoms with Gasteiger partial charge in [0.2, 0.25) is 0 Å². The van der Waals surface area contributed by atoms with Crippen LogP contribution in [-0.2, 0) is 9.59 Å². The number of carboxylic acids is 1. The zero-order valence-electron chi connectivity index (χ0n) is 7.24. The molecule has 6 heteroatoms. The van der Waals surface area contributed by atoms with Gasteiger partial charge in [0.15, 0.2) is 0 Å². The number of aliphatic carboxylic acids is 1. The molecule has 0 saturated heterocycles. The highest BCUT2D eigenvalue weighted by atomic mass is 16.4. The van der Waals surface area contributed by atoms with Crippen LogP contribution in [0.25, 0.3) is 0 Å². The largest absolute Gasteiger partial charge is 0.480 e. The fourth-order valence-electron chi connectivity index (χ4n) is 0.777. The van der Waals surface area contributed by atoms with Gasteiger partial charge in [0.1, 0.15) is 11.8 Å². The van der Waals surface area contributed by atoms with E-state index in [1.807, 2.05) is 5.32 Å². The number of urea groups is 1. The third kappa shape index (κ3) is 5.66. The summed E-state index contributed by atoms with van der Waals surface area (Å²) in [6.07, 6.45) is 0.171. The third-order valence-corrected chi connectivity index (χ3v) is 1.40. The van der Waals surface area contributed by atoms with Gasteiger partial charge < -0.3 is 21.0 Å². The number of nitrogens with two attached hydrogens (primary N) is 1. The van der Waals surface area contributed by atoms with Crippen molar-refractivity contribution in [1.82, 2.24) is 5.32 Å². The summed E-state index contributed by atoms with van der Waals surface area (Å²) >= 11 is 0. The lowest BCUT2D eigenvalue weighted by atomic mass is 10.1. The molecule has 0 unspecified atom stereocenters. The highest BCUT2D eigenvalue weighted by molar-refractivity contribution is 5.82. The van der Waals surface area contributed by atoms with E-state index < -0.39 is 18.0 Å². The third-order valence-electron chi connectivity index (χ3n) is 1.40. The number of amides is 2. The molecule has 2 amide bonds. The molecule has 0 heterocycles. The fourth-order valence-corrected chi connectivity index (χ4v) is 0.777. The van der Waals surface area contributed by atoms with Crippen molar-refractivity contribution in [2.45, 2.75) is 25.8 Å². The molecule has 0 aliphatic rings. The molecular weight excluding hydrogens is 176 g/mol. The van der Waals surface area contributed by atoms with E-state index in [1.54, 1.807) is 0 Å². The van der Waals surface area contributed by atoms with Crippen LogP contribution in [0.2, 0.25) is 0 Å². The second-order valence-corrected chi connectivity index (χ2v) is 2.64. The van der Waals surface area contributed by atoms with Crippen molar-refractivity contribution < 1.29 is 19.5 Å². The number of nitrogens with one attached hydrogen (secondary N) is 1. The Labute approximate surface area is 75.1 Å². The molecule has 0 bridgehead atoms. The predicted octanol–water partition coefficient (Wildman–Crippen LogP) is -0.523. The summed E-state index contributed by atoms with van der Waals surface area (Å²) in [5.41, 5.74) is 4.74. The van der Waals surface area contributed by atoms with Crippen LogP contribution < -0.4 is 11.1 Å². The maximum Gasteiger partial charge on any atom is 0.326 e. The van der Waals surface area contributed by atoms with Crippen LogP contribution >= 0.6 is 0 Å². The molecule has 0 radical (unpaired) electrons. The van der Waals surface area contributed by atoms with Gasteiger partial charge in [-0.15, -0.1) is 0 Å². The lowest BCUT2D eigenvalue weighted by Crippen LogP contribution is -2.43. The van der Waals surface area contributed by atoms with Gasteiger partial charge in [-0.1, -0.05) is 0 Å². The van der Waals surface area contributed by atoms with Crippen molar-refractivity contribution in [2.24, 2.45) is 5.73 Å². The quantitative estimate of drug-likeness (QED) is 0.539. The van der Waals surface area contributed by atoms with Gasteiger partial charge in [-0.05, 0) is 13.3 Å². The number of primary amides is 1. The summed E-state index contributed by atoms with van der Waals surface area (Å²) < 4.78 is 0. The normalized spacial score (nSPS) is 11.8. The maximum atomic E-state index is 10.5. The second kappa shape index (κ2) is 5.13. The second-order valence-electron chi connectivity index (χ2n) is 2.64. The van der Waals surface area contributed by atoms with Gasteiger partial charge in [0, 0.05) is 6.42 Å². The molecule has 0 spiro atoms. The highest BCUT2D eigenvalue weighted by Gasteiger charge is 2.18. The standard InChI is InChI=1S/C7H12N2O4/c1-4(10)2-3-5(6(11)12)9-7(8)13/h5H,2-3H2,1H3,(H,11,12)(H3,8,9,13)/t5-/m0/s1. The number of carboxylic acid groups (broad SMARTS) is 1. The monoisotopic (exact) mass is 188 g/mol. The number of hydrogen-bond acceptors (Lipinski definition) is 3. The maximum absolute atomic E-state index is 10.5. The molecule has 74 valence electrons. The van der Waals surface area contributed by atoms with Crippen molar-refractivity contribution >= 4 is 17.8 Å². The topological polar surface area (TPSA) is 109 Å². The zero-order chi connectivity index (χ0) is 10.4. The summed E-state index contributed by atoms with van der Waals surface area (Å²) in [4.78, 5) is 31.3. The van der Waals surface area contributed by atoms with Crippen molar-refractivity contribution in [3.8, 4) is 0 Å². The highest BCUT2D eigenvalue weighted by Crippen LogP contribution is 1.98. The molecule has 0 rings (SSSR count). The summed E-state index contributed by atoms with van der Waals surface area (Å²) in [5, 5.41) is 10.6. The Balaban J connectivity index is 4.02. The van der Waals surface area contributed by atoms with Crippen molar-refractivity contribution in [3.05, 3.63) is 0 Å². The van der Waals surface area contributed by atoms with Gasteiger partial charge in [0.05, 0.1) is 0 Å². The minimum atomic E-state index is -1.19. The molecule has 13 heavy (non-hydrogen) atoms. The Morgan fingerprint density at radius 3 is 2.31 bits per heavy atom. The van der Waals surface area contributed by atoms with Crippen LogP contribution in [0.15, 0.2) is 0 Å². The summed E-state index contributed by atoms with van der Waals surface area (Å²) in [6, 6.07) is -1.99. The van der Waals surface area contributed by atoms with Crippen LogP contribution in [0.3, 0.4) is 0 Å². The number of ketones is 1. The van der Waals surface area contributed by atoms with Crippen LogP contribution in [0.1, 0.15) is 19.8 Å². The van der Waals surface area contributed by atoms with Gasteiger partial charge in [-0.2, -0.15) is 0 Å². The number of rotatable bonds is 5. The number of carbonyl (C=O) groups is 3. The summed E-state index contributed by atoms with van der Waals surface area (Å²) in [6.45, 7) is 1.35. The first kappa shape index (κ1) is 11.4. The Kier molecular flexibility index (Phi) is 4.50. The molecule has 6 nitrogen and oxygen atoms in total. The lowest BCUT2D eigenvalue weighted by Gasteiger charge is -2.10. The average molecular weight is 188 g/mol. The summed E-state index contributed by atoms with van der Waals surface area (Å²) in [7, 11) is 0. The zero-order valence-corrected chi connectivity index (χ0v) is 7.24. The van der Waals surface area contributed by atoms with E-state index in [-0.39, 0.29) is 18.6 Å². The number of carbonyl (C=O) groups excluding carboxylic acids is 2. The molecule has 0 aromatic rings. The van der Waals surface area contributed by atoms with Crippen LogP contribution in [0.4, 0.5) is 4.79 Å². The molecule has 1 atom stereocenters. The van der Waals surface area contributed by atoms with Crippen LogP contribution in [0.5, 0.6) is 0 Å². The Morgan fingerprint density at radius 1 is 1.46 bits per heavy atom. The first-order valence-electron chi connectivity index (χ1n) is 3.71. The van der Waals surface area contributed by atoms with Crippen LogP contribution in [-0.4, -0.2) is 28.9 Å². The Bertz CT molecular complexity index is 227. The smallest absolute Gasteiger partial charge is 0.326 e. The first-order valence-corrected chi connectivity index (χ1v) is 3.71. The molecule has 4 N–H and O–H groups in total. The summed E-state index contributed by atoms with van der Waals surface area (Å²) in [5.74, 6) is -1.32. The van der Waals surface area contributed by atoms with Gasteiger partial charge in [0.25, 0.3) is 0 Å². The van der Waals surface area contributed by atoms with E-state index >= 15 is 0 Å². The van der Waals surface area contributed by atoms with E-state index in [4.69, 9.17) is 10.8 Å². The molecule has 0 saturated carbocycles. The van der Waals surface area contributed by atoms with Crippen LogP contribution in [0, 0.1) is 0 Å². The van der Waals surface area contributed by atoms with E-state index in [1.165, 1.54) is 6.92 Å². The van der Waals surface area contributed by atoms with E-state index in [0.717, 1.165) is 0 Å². The van der Waals surface area contributed by atoms with E-state index in [0.29, 0.717) is 0 Å². The minimum Gasteiger partial charge on any atom is -0.480 e. The first-order chi connectivity index (χ1) is 5.93. The minimum absolute atomic E-state index is 0.0631. The molecule has 0 aliphatic heterocycles.